The topological polar surface area (TPSA) is 37.4 Å². The molecular formula is C11H19NO2S. The molecule has 1 aliphatic rings. The summed E-state index contributed by atoms with van der Waals surface area (Å²) in [6.07, 6.45) is 0.382. The average Bonchev–Trinajstić information content (AvgIpc) is 2.37. The van der Waals surface area contributed by atoms with Gasteiger partial charge in [-0.2, -0.15) is 0 Å². The third-order valence-corrected chi connectivity index (χ3v) is 4.04. The van der Waals surface area contributed by atoms with E-state index in [0.717, 1.165) is 5.75 Å². The Kier molecular flexibility index (Phi) is 3.82. The van der Waals surface area contributed by atoms with E-state index < -0.39 is 0 Å². The van der Waals surface area contributed by atoms with Crippen LogP contribution in [0.4, 0.5) is 0 Å². The predicted molar refractivity (Wildman–Crippen MR) is 62.7 cm³/mol. The maximum Gasteiger partial charge on any atom is 0.242 e. The van der Waals surface area contributed by atoms with Crippen molar-refractivity contribution < 1.29 is 9.59 Å². The van der Waals surface area contributed by atoms with Crippen LogP contribution in [0, 0.1) is 5.41 Å². The quantitative estimate of drug-likeness (QED) is 0.694. The standard InChI is InChI=1S/C11H19NO2S/c1-5-12-9(13)6-8(10(12)14)15-7-11(2,3)4/h8H,5-7H2,1-4H3. The molecular weight excluding hydrogens is 210 g/mol. The maximum atomic E-state index is 11.7. The van der Waals surface area contributed by atoms with Gasteiger partial charge in [-0.15, -0.1) is 11.8 Å². The zero-order valence-electron chi connectivity index (χ0n) is 9.87. The molecule has 3 nitrogen and oxygen atoms in total. The number of imide groups is 1. The summed E-state index contributed by atoms with van der Waals surface area (Å²) in [5.41, 5.74) is 0.202. The molecule has 0 radical (unpaired) electrons. The van der Waals surface area contributed by atoms with Gasteiger partial charge in [-0.1, -0.05) is 20.8 Å². The highest BCUT2D eigenvalue weighted by molar-refractivity contribution is 8.00. The van der Waals surface area contributed by atoms with Crippen LogP contribution in [-0.4, -0.2) is 34.3 Å². The van der Waals surface area contributed by atoms with Crippen molar-refractivity contribution in [2.45, 2.75) is 39.4 Å². The van der Waals surface area contributed by atoms with Crippen molar-refractivity contribution in [2.24, 2.45) is 5.41 Å². The van der Waals surface area contributed by atoms with E-state index in [0.29, 0.717) is 13.0 Å². The van der Waals surface area contributed by atoms with Crippen molar-refractivity contribution in [3.05, 3.63) is 0 Å². The zero-order valence-corrected chi connectivity index (χ0v) is 10.7. The van der Waals surface area contributed by atoms with Crippen molar-refractivity contribution in [3.8, 4) is 0 Å². The predicted octanol–water partition coefficient (Wildman–Crippen LogP) is 1.91. The fraction of sp³-hybridized carbons (Fsp3) is 0.818. The molecule has 4 heteroatoms. The lowest BCUT2D eigenvalue weighted by Crippen LogP contribution is -2.31. The Hall–Kier alpha value is -0.510. The van der Waals surface area contributed by atoms with Gasteiger partial charge in [0.1, 0.15) is 0 Å². The van der Waals surface area contributed by atoms with Crippen LogP contribution in [0.1, 0.15) is 34.1 Å². The van der Waals surface area contributed by atoms with Crippen LogP contribution in [0.25, 0.3) is 0 Å². The van der Waals surface area contributed by atoms with E-state index in [-0.39, 0.29) is 22.5 Å². The van der Waals surface area contributed by atoms with E-state index in [1.807, 2.05) is 6.92 Å². The summed E-state index contributed by atoms with van der Waals surface area (Å²) >= 11 is 1.61. The first-order valence-electron chi connectivity index (χ1n) is 5.31. The first-order valence-corrected chi connectivity index (χ1v) is 6.36. The number of hydrogen-bond acceptors (Lipinski definition) is 3. The average molecular weight is 229 g/mol. The SMILES string of the molecule is CCN1C(=O)CC(SCC(C)(C)C)C1=O. The van der Waals surface area contributed by atoms with E-state index in [1.54, 1.807) is 11.8 Å². The summed E-state index contributed by atoms with van der Waals surface area (Å²) in [5.74, 6) is 0.888. The molecule has 0 saturated carbocycles. The largest absolute Gasteiger partial charge is 0.282 e. The summed E-state index contributed by atoms with van der Waals surface area (Å²) in [7, 11) is 0. The number of amides is 2. The molecule has 0 aromatic heterocycles. The van der Waals surface area contributed by atoms with Crippen LogP contribution in [0.2, 0.25) is 0 Å². The molecule has 0 spiro atoms. The van der Waals surface area contributed by atoms with Crippen LogP contribution in [-0.2, 0) is 9.59 Å². The number of nitrogens with zero attached hydrogens (tertiary/aromatic N) is 1. The monoisotopic (exact) mass is 229 g/mol. The van der Waals surface area contributed by atoms with Crippen LogP contribution in [0.5, 0.6) is 0 Å². The van der Waals surface area contributed by atoms with Gasteiger partial charge < -0.3 is 0 Å². The molecule has 2 amide bonds. The van der Waals surface area contributed by atoms with Crippen molar-refractivity contribution in [3.63, 3.8) is 0 Å². The molecule has 1 saturated heterocycles. The Morgan fingerprint density at radius 2 is 2.00 bits per heavy atom. The minimum Gasteiger partial charge on any atom is -0.282 e. The van der Waals surface area contributed by atoms with Gasteiger partial charge in [0.25, 0.3) is 0 Å². The van der Waals surface area contributed by atoms with Gasteiger partial charge >= 0.3 is 0 Å². The Labute approximate surface area is 95.6 Å². The molecule has 0 aromatic rings. The second-order valence-corrected chi connectivity index (χ2v) is 6.23. The number of likely N-dealkylation sites (tertiary alicyclic amines) is 1. The van der Waals surface area contributed by atoms with Gasteiger partial charge in [0.15, 0.2) is 0 Å². The van der Waals surface area contributed by atoms with Crippen molar-refractivity contribution in [1.29, 1.82) is 0 Å². The number of rotatable bonds is 3. The molecule has 1 unspecified atom stereocenters. The van der Waals surface area contributed by atoms with Crippen LogP contribution in [0.3, 0.4) is 0 Å². The summed E-state index contributed by atoms with van der Waals surface area (Å²) in [6.45, 7) is 8.76. The van der Waals surface area contributed by atoms with E-state index >= 15 is 0 Å². The molecule has 1 atom stereocenters. The Bertz CT molecular complexity index is 270. The highest BCUT2D eigenvalue weighted by Gasteiger charge is 2.38. The highest BCUT2D eigenvalue weighted by Crippen LogP contribution is 2.30. The first kappa shape index (κ1) is 12.6. The minimum atomic E-state index is -0.142. The maximum absolute atomic E-state index is 11.7. The summed E-state index contributed by atoms with van der Waals surface area (Å²) < 4.78 is 0. The molecule has 1 aliphatic heterocycles. The molecule has 0 aliphatic carbocycles. The lowest BCUT2D eigenvalue weighted by Gasteiger charge is -2.19. The number of carbonyl (C=O) groups excluding carboxylic acids is 2. The van der Waals surface area contributed by atoms with Gasteiger partial charge in [-0.25, -0.2) is 0 Å². The number of hydrogen-bond donors (Lipinski definition) is 0. The molecule has 0 aromatic carbocycles. The van der Waals surface area contributed by atoms with E-state index in [4.69, 9.17) is 0 Å². The van der Waals surface area contributed by atoms with E-state index in [1.165, 1.54) is 4.90 Å². The highest BCUT2D eigenvalue weighted by atomic mass is 32.2. The third kappa shape index (κ3) is 3.23. The number of carbonyl (C=O) groups is 2. The molecule has 1 fully saturated rings. The van der Waals surface area contributed by atoms with E-state index in [9.17, 15) is 9.59 Å². The summed E-state index contributed by atoms with van der Waals surface area (Å²) in [5, 5.41) is -0.142. The fourth-order valence-corrected chi connectivity index (χ4v) is 2.70. The zero-order chi connectivity index (χ0) is 11.6. The van der Waals surface area contributed by atoms with Crippen LogP contribution < -0.4 is 0 Å². The van der Waals surface area contributed by atoms with Gasteiger partial charge in [-0.3, -0.25) is 14.5 Å². The molecule has 86 valence electrons. The second-order valence-electron chi connectivity index (χ2n) is 5.04. The van der Waals surface area contributed by atoms with Gasteiger partial charge in [0.2, 0.25) is 11.8 Å². The second kappa shape index (κ2) is 4.56. The van der Waals surface area contributed by atoms with Crippen molar-refractivity contribution in [1.82, 2.24) is 4.90 Å². The summed E-state index contributed by atoms with van der Waals surface area (Å²) in [4.78, 5) is 24.6. The van der Waals surface area contributed by atoms with E-state index in [2.05, 4.69) is 20.8 Å². The Morgan fingerprint density at radius 1 is 1.40 bits per heavy atom. The smallest absolute Gasteiger partial charge is 0.242 e. The normalized spacial score (nSPS) is 22.7. The van der Waals surface area contributed by atoms with Crippen molar-refractivity contribution >= 4 is 23.6 Å². The van der Waals surface area contributed by atoms with Gasteiger partial charge in [-0.05, 0) is 18.1 Å². The fourth-order valence-electron chi connectivity index (χ4n) is 1.47. The lowest BCUT2D eigenvalue weighted by molar-refractivity contribution is -0.137. The van der Waals surface area contributed by atoms with Crippen LogP contribution in [0.15, 0.2) is 0 Å². The Morgan fingerprint density at radius 3 is 2.40 bits per heavy atom. The number of thioether (sulfide) groups is 1. The van der Waals surface area contributed by atoms with Crippen molar-refractivity contribution in [2.75, 3.05) is 12.3 Å². The van der Waals surface area contributed by atoms with Crippen LogP contribution >= 0.6 is 11.8 Å². The minimum absolute atomic E-state index is 0.00301. The molecule has 15 heavy (non-hydrogen) atoms. The first-order chi connectivity index (χ1) is 6.85. The molecule has 1 rings (SSSR count). The molecule has 1 heterocycles. The van der Waals surface area contributed by atoms with Gasteiger partial charge in [0, 0.05) is 13.0 Å². The third-order valence-electron chi connectivity index (χ3n) is 2.24. The summed E-state index contributed by atoms with van der Waals surface area (Å²) in [6, 6.07) is 0. The molecule has 0 bridgehead atoms. The van der Waals surface area contributed by atoms with Gasteiger partial charge in [0.05, 0.1) is 5.25 Å². The Balaban J connectivity index is 2.52. The molecule has 0 N–H and O–H groups in total. The lowest BCUT2D eigenvalue weighted by atomic mass is 10.0.